The number of aliphatic carboxylic acids is 1. The molecule has 2 unspecified atom stereocenters. The predicted molar refractivity (Wildman–Crippen MR) is 88.7 cm³/mol. The van der Waals surface area contributed by atoms with Crippen molar-refractivity contribution in [1.82, 2.24) is 5.32 Å². The smallest absolute Gasteiger partial charge is 0.303 e. The molecule has 124 valence electrons. The molecule has 3 heteroatoms. The largest absolute Gasteiger partial charge is 0.481 e. The summed E-state index contributed by atoms with van der Waals surface area (Å²) in [5, 5.41) is 12.2. The highest BCUT2D eigenvalue weighted by Crippen LogP contribution is 2.23. The number of nitrogens with one attached hydrogen (secondary N) is 1. The molecule has 0 spiro atoms. The van der Waals surface area contributed by atoms with Gasteiger partial charge in [-0.05, 0) is 19.3 Å². The average Bonchev–Trinajstić information content (AvgIpc) is 3.20. The fourth-order valence-corrected chi connectivity index (χ4v) is 3.10. The van der Waals surface area contributed by atoms with E-state index in [9.17, 15) is 4.79 Å². The second kappa shape index (κ2) is 12.0. The van der Waals surface area contributed by atoms with Crippen LogP contribution in [0.2, 0.25) is 0 Å². The van der Waals surface area contributed by atoms with Gasteiger partial charge in [0.1, 0.15) is 0 Å². The Balaban J connectivity index is 1.77. The lowest BCUT2D eigenvalue weighted by molar-refractivity contribution is -0.137. The lowest BCUT2D eigenvalue weighted by Gasteiger charge is -2.01. The van der Waals surface area contributed by atoms with Crippen LogP contribution in [0.3, 0.4) is 0 Å². The number of carbonyl (C=O) groups is 1. The molecule has 1 saturated heterocycles. The van der Waals surface area contributed by atoms with E-state index in [1.807, 2.05) is 0 Å². The van der Waals surface area contributed by atoms with Gasteiger partial charge in [0.25, 0.3) is 0 Å². The van der Waals surface area contributed by atoms with Crippen LogP contribution in [-0.4, -0.2) is 23.2 Å². The summed E-state index contributed by atoms with van der Waals surface area (Å²) in [7, 11) is 0. The Morgan fingerprint density at radius 3 is 1.81 bits per heavy atom. The zero-order valence-corrected chi connectivity index (χ0v) is 13.9. The normalized spacial score (nSPS) is 20.6. The highest BCUT2D eigenvalue weighted by molar-refractivity contribution is 5.66. The number of carboxylic acids is 1. The van der Waals surface area contributed by atoms with E-state index in [0.717, 1.165) is 24.9 Å². The third-order valence-corrected chi connectivity index (χ3v) is 4.58. The van der Waals surface area contributed by atoms with Crippen LogP contribution in [0, 0.1) is 0 Å². The Morgan fingerprint density at radius 2 is 1.29 bits per heavy atom. The maximum Gasteiger partial charge on any atom is 0.303 e. The van der Waals surface area contributed by atoms with E-state index in [-0.39, 0.29) is 0 Å². The van der Waals surface area contributed by atoms with Gasteiger partial charge in [-0.2, -0.15) is 0 Å². The molecule has 1 rings (SSSR count). The van der Waals surface area contributed by atoms with Crippen LogP contribution in [0.15, 0.2) is 0 Å². The van der Waals surface area contributed by atoms with E-state index in [1.54, 1.807) is 0 Å². The summed E-state index contributed by atoms with van der Waals surface area (Å²) in [5.41, 5.74) is 0. The molecule has 3 nitrogen and oxygen atoms in total. The molecule has 2 N–H and O–H groups in total. The second-order valence-corrected chi connectivity index (χ2v) is 6.64. The molecule has 0 aliphatic carbocycles. The zero-order chi connectivity index (χ0) is 15.3. The summed E-state index contributed by atoms with van der Waals surface area (Å²) in [6.07, 6.45) is 17.1. The Labute approximate surface area is 130 Å². The molecule has 21 heavy (non-hydrogen) atoms. The maximum absolute atomic E-state index is 10.4. The molecule has 1 aliphatic rings. The van der Waals surface area contributed by atoms with Crippen molar-refractivity contribution < 1.29 is 9.90 Å². The monoisotopic (exact) mass is 297 g/mol. The SMILES string of the molecule is CCCCCCCCC1NC1CCCCCCCC(=O)O. The summed E-state index contributed by atoms with van der Waals surface area (Å²) in [6.45, 7) is 2.27. The van der Waals surface area contributed by atoms with Crippen LogP contribution in [0.25, 0.3) is 0 Å². The van der Waals surface area contributed by atoms with E-state index in [0.29, 0.717) is 6.42 Å². The van der Waals surface area contributed by atoms with Crippen molar-refractivity contribution in [2.45, 2.75) is 109 Å². The summed E-state index contributed by atoms with van der Waals surface area (Å²) in [4.78, 5) is 10.4. The van der Waals surface area contributed by atoms with Gasteiger partial charge in [0.05, 0.1) is 0 Å². The van der Waals surface area contributed by atoms with Crippen LogP contribution in [0.4, 0.5) is 0 Å². The van der Waals surface area contributed by atoms with Crippen LogP contribution in [0.1, 0.15) is 96.8 Å². The molecular weight excluding hydrogens is 262 g/mol. The van der Waals surface area contributed by atoms with Gasteiger partial charge in [-0.15, -0.1) is 0 Å². The number of unbranched alkanes of at least 4 members (excludes halogenated alkanes) is 9. The first-order valence-corrected chi connectivity index (χ1v) is 9.22. The van der Waals surface area contributed by atoms with Crippen LogP contribution < -0.4 is 5.32 Å². The molecule has 0 aromatic carbocycles. The van der Waals surface area contributed by atoms with Gasteiger partial charge in [0.2, 0.25) is 0 Å². The van der Waals surface area contributed by atoms with Crippen molar-refractivity contribution >= 4 is 5.97 Å². The minimum absolute atomic E-state index is 0.338. The van der Waals surface area contributed by atoms with E-state index < -0.39 is 5.97 Å². The third-order valence-electron chi connectivity index (χ3n) is 4.58. The van der Waals surface area contributed by atoms with Crippen LogP contribution in [0.5, 0.6) is 0 Å². The van der Waals surface area contributed by atoms with Gasteiger partial charge in [-0.1, -0.05) is 71.1 Å². The van der Waals surface area contributed by atoms with Gasteiger partial charge >= 0.3 is 5.97 Å². The molecular formula is C18H35NO2. The minimum atomic E-state index is -0.658. The van der Waals surface area contributed by atoms with E-state index in [4.69, 9.17) is 5.11 Å². The molecule has 0 amide bonds. The van der Waals surface area contributed by atoms with E-state index in [1.165, 1.54) is 70.6 Å². The average molecular weight is 297 g/mol. The Kier molecular flexibility index (Phi) is 10.6. The van der Waals surface area contributed by atoms with Crippen molar-refractivity contribution in [2.75, 3.05) is 0 Å². The van der Waals surface area contributed by atoms with Gasteiger partial charge in [0.15, 0.2) is 0 Å². The highest BCUT2D eigenvalue weighted by Gasteiger charge is 2.33. The fourth-order valence-electron chi connectivity index (χ4n) is 3.10. The minimum Gasteiger partial charge on any atom is -0.481 e. The third kappa shape index (κ3) is 10.8. The molecule has 0 bridgehead atoms. The number of carboxylic acid groups (broad SMARTS) is 1. The molecule has 0 aromatic rings. The quantitative estimate of drug-likeness (QED) is 0.334. The molecule has 0 radical (unpaired) electrons. The standard InChI is InChI=1S/C18H35NO2/c1-2-3-4-5-7-10-13-16-17(19-16)14-11-8-6-9-12-15-18(20)21/h16-17,19H,2-15H2,1H3,(H,20,21). The summed E-state index contributed by atoms with van der Waals surface area (Å²) >= 11 is 0. The van der Waals surface area contributed by atoms with Crippen LogP contribution in [-0.2, 0) is 4.79 Å². The first-order chi connectivity index (χ1) is 10.2. The van der Waals surface area contributed by atoms with E-state index in [2.05, 4.69) is 12.2 Å². The summed E-state index contributed by atoms with van der Waals surface area (Å²) in [6, 6.07) is 1.60. The van der Waals surface area contributed by atoms with Gasteiger partial charge in [-0.3, -0.25) is 4.79 Å². The fraction of sp³-hybridized carbons (Fsp3) is 0.944. The van der Waals surface area contributed by atoms with Gasteiger partial charge in [-0.25, -0.2) is 0 Å². The van der Waals surface area contributed by atoms with Crippen molar-refractivity contribution in [3.63, 3.8) is 0 Å². The van der Waals surface area contributed by atoms with Crippen molar-refractivity contribution in [3.05, 3.63) is 0 Å². The molecule has 0 aromatic heterocycles. The summed E-state index contributed by atoms with van der Waals surface area (Å²) < 4.78 is 0. The first-order valence-electron chi connectivity index (χ1n) is 9.22. The maximum atomic E-state index is 10.4. The second-order valence-electron chi connectivity index (χ2n) is 6.64. The Bertz CT molecular complexity index is 268. The van der Waals surface area contributed by atoms with Gasteiger partial charge < -0.3 is 10.4 Å². The summed E-state index contributed by atoms with van der Waals surface area (Å²) in [5.74, 6) is -0.658. The van der Waals surface area contributed by atoms with Crippen molar-refractivity contribution in [2.24, 2.45) is 0 Å². The number of hydrogen-bond donors (Lipinski definition) is 2. The van der Waals surface area contributed by atoms with E-state index >= 15 is 0 Å². The van der Waals surface area contributed by atoms with Crippen molar-refractivity contribution in [1.29, 1.82) is 0 Å². The lowest BCUT2D eigenvalue weighted by atomic mass is 10.0. The molecule has 0 saturated carbocycles. The van der Waals surface area contributed by atoms with Crippen molar-refractivity contribution in [3.8, 4) is 0 Å². The lowest BCUT2D eigenvalue weighted by Crippen LogP contribution is -1.95. The first kappa shape index (κ1) is 18.5. The molecule has 1 fully saturated rings. The Morgan fingerprint density at radius 1 is 0.810 bits per heavy atom. The zero-order valence-electron chi connectivity index (χ0n) is 13.9. The predicted octanol–water partition coefficient (Wildman–Crippen LogP) is 4.89. The molecule has 1 aliphatic heterocycles. The molecule has 2 atom stereocenters. The highest BCUT2D eigenvalue weighted by atomic mass is 16.4. The Hall–Kier alpha value is -0.570. The number of hydrogen-bond acceptors (Lipinski definition) is 2. The van der Waals surface area contributed by atoms with Crippen LogP contribution >= 0.6 is 0 Å². The van der Waals surface area contributed by atoms with Gasteiger partial charge in [0, 0.05) is 18.5 Å². The number of rotatable bonds is 15. The topological polar surface area (TPSA) is 59.2 Å². The molecule has 1 heterocycles.